The first-order valence-electron chi connectivity index (χ1n) is 9.87. The summed E-state index contributed by atoms with van der Waals surface area (Å²) in [5.41, 5.74) is 2.74. The van der Waals surface area contributed by atoms with Gasteiger partial charge in [-0.3, -0.25) is 4.98 Å². The minimum Gasteiger partial charge on any atom is -0.494 e. The highest BCUT2D eigenvalue weighted by Gasteiger charge is 2.36. The minimum atomic E-state index is -0.541. The van der Waals surface area contributed by atoms with Gasteiger partial charge in [-0.05, 0) is 39.0 Å². The van der Waals surface area contributed by atoms with Gasteiger partial charge in [-0.15, -0.1) is 5.10 Å². The van der Waals surface area contributed by atoms with E-state index in [1.165, 1.54) is 0 Å². The van der Waals surface area contributed by atoms with Crippen molar-refractivity contribution in [3.8, 4) is 17.1 Å². The zero-order valence-electron chi connectivity index (χ0n) is 17.1. The maximum Gasteiger partial charge on any atom is 0.338 e. The van der Waals surface area contributed by atoms with Crippen molar-refractivity contribution in [2.75, 3.05) is 18.5 Å². The number of anilines is 1. The molecule has 0 spiro atoms. The Morgan fingerprint density at radius 1 is 1.17 bits per heavy atom. The zero-order valence-corrected chi connectivity index (χ0v) is 17.1. The predicted molar refractivity (Wildman–Crippen MR) is 112 cm³/mol. The maximum atomic E-state index is 12.9. The molecule has 0 radical (unpaired) electrons. The van der Waals surface area contributed by atoms with Crippen molar-refractivity contribution in [1.29, 1.82) is 0 Å². The number of ether oxygens (including phenoxy) is 2. The standard InChI is InChI=1S/C22H23N5O3/c1-4-29-17-11-7-6-10-16(17)19-18(21(28)30-5-2)14(3)24-22-25-20(26-27(19)22)15-9-8-12-23-13-15/h6-13,19H,4-5H2,1-3H3,(H,24,25,26). The van der Waals surface area contributed by atoms with Crippen LogP contribution >= 0.6 is 0 Å². The molecule has 0 bridgehead atoms. The fraction of sp³-hybridized carbons (Fsp3) is 0.273. The summed E-state index contributed by atoms with van der Waals surface area (Å²) in [5, 5.41) is 7.91. The molecule has 1 aliphatic rings. The molecule has 0 amide bonds. The number of pyridine rings is 1. The van der Waals surface area contributed by atoms with Crippen LogP contribution in [0.25, 0.3) is 11.4 Å². The third-order valence-corrected chi connectivity index (χ3v) is 4.78. The van der Waals surface area contributed by atoms with E-state index in [4.69, 9.17) is 14.6 Å². The molecule has 1 unspecified atom stereocenters. The van der Waals surface area contributed by atoms with Gasteiger partial charge in [0.2, 0.25) is 5.95 Å². The molecule has 8 nitrogen and oxygen atoms in total. The van der Waals surface area contributed by atoms with E-state index in [0.29, 0.717) is 35.4 Å². The Hall–Kier alpha value is -3.68. The van der Waals surface area contributed by atoms with E-state index in [2.05, 4.69) is 15.3 Å². The molecule has 8 heteroatoms. The molecule has 0 saturated carbocycles. The normalized spacial score (nSPS) is 15.4. The van der Waals surface area contributed by atoms with Crippen molar-refractivity contribution in [3.63, 3.8) is 0 Å². The van der Waals surface area contributed by atoms with Crippen LogP contribution in [0.15, 0.2) is 60.1 Å². The van der Waals surface area contributed by atoms with E-state index < -0.39 is 12.0 Å². The molecule has 30 heavy (non-hydrogen) atoms. The number of aromatic nitrogens is 4. The quantitative estimate of drug-likeness (QED) is 0.627. The lowest BCUT2D eigenvalue weighted by Crippen LogP contribution is -2.30. The molecule has 1 atom stereocenters. The van der Waals surface area contributed by atoms with Crippen LogP contribution in [-0.2, 0) is 9.53 Å². The molecule has 1 N–H and O–H groups in total. The van der Waals surface area contributed by atoms with Gasteiger partial charge in [0.05, 0.1) is 18.8 Å². The summed E-state index contributed by atoms with van der Waals surface area (Å²) in [6, 6.07) is 10.8. The number of carbonyl (C=O) groups excluding carboxylic acids is 1. The Kier molecular flexibility index (Phi) is 5.47. The van der Waals surface area contributed by atoms with Crippen LogP contribution in [0, 0.1) is 0 Å². The van der Waals surface area contributed by atoms with Gasteiger partial charge >= 0.3 is 5.97 Å². The van der Waals surface area contributed by atoms with Crippen molar-refractivity contribution in [2.45, 2.75) is 26.8 Å². The number of rotatable bonds is 6. The van der Waals surface area contributed by atoms with E-state index in [-0.39, 0.29) is 6.61 Å². The van der Waals surface area contributed by atoms with Crippen LogP contribution in [-0.4, -0.2) is 38.9 Å². The first kappa shape index (κ1) is 19.6. The summed E-state index contributed by atoms with van der Waals surface area (Å²) < 4.78 is 12.9. The second kappa shape index (κ2) is 8.36. The number of hydrogen-bond donors (Lipinski definition) is 1. The molecule has 3 heterocycles. The second-order valence-corrected chi connectivity index (χ2v) is 6.70. The van der Waals surface area contributed by atoms with Gasteiger partial charge in [0.1, 0.15) is 11.8 Å². The maximum absolute atomic E-state index is 12.9. The Morgan fingerprint density at radius 2 is 2.00 bits per heavy atom. The Labute approximate surface area is 174 Å². The van der Waals surface area contributed by atoms with Gasteiger partial charge < -0.3 is 14.8 Å². The topological polar surface area (TPSA) is 91.2 Å². The van der Waals surface area contributed by atoms with Gasteiger partial charge in [0, 0.05) is 29.2 Å². The third-order valence-electron chi connectivity index (χ3n) is 4.78. The molecule has 4 rings (SSSR count). The third kappa shape index (κ3) is 3.52. The zero-order chi connectivity index (χ0) is 21.1. The smallest absolute Gasteiger partial charge is 0.338 e. The van der Waals surface area contributed by atoms with Gasteiger partial charge in [-0.1, -0.05) is 18.2 Å². The predicted octanol–water partition coefficient (Wildman–Crippen LogP) is 3.59. The first-order valence-corrected chi connectivity index (χ1v) is 9.87. The van der Waals surface area contributed by atoms with Crippen LogP contribution in [0.3, 0.4) is 0 Å². The largest absolute Gasteiger partial charge is 0.494 e. The molecule has 154 valence electrons. The molecular formula is C22H23N5O3. The number of esters is 1. The monoisotopic (exact) mass is 405 g/mol. The van der Waals surface area contributed by atoms with E-state index in [1.807, 2.05) is 50.2 Å². The SMILES string of the molecule is CCOC(=O)C1=C(C)Nc2nc(-c3cccnc3)nn2C1c1ccccc1OCC. The van der Waals surface area contributed by atoms with Crippen molar-refractivity contribution >= 4 is 11.9 Å². The van der Waals surface area contributed by atoms with Gasteiger partial charge in [0.25, 0.3) is 0 Å². The summed E-state index contributed by atoms with van der Waals surface area (Å²) in [7, 11) is 0. The highest BCUT2D eigenvalue weighted by Crippen LogP contribution is 2.40. The lowest BCUT2D eigenvalue weighted by atomic mass is 9.95. The van der Waals surface area contributed by atoms with E-state index in [1.54, 1.807) is 24.0 Å². The Balaban J connectivity index is 1.89. The van der Waals surface area contributed by atoms with Crippen LogP contribution in [0.2, 0.25) is 0 Å². The number of benzene rings is 1. The number of nitrogens with zero attached hydrogens (tertiary/aromatic N) is 4. The number of carbonyl (C=O) groups is 1. The van der Waals surface area contributed by atoms with E-state index in [9.17, 15) is 4.79 Å². The highest BCUT2D eigenvalue weighted by molar-refractivity contribution is 5.92. The Bertz CT molecular complexity index is 1090. The number of para-hydroxylation sites is 1. The van der Waals surface area contributed by atoms with Crippen molar-refractivity contribution < 1.29 is 14.3 Å². The fourth-order valence-electron chi connectivity index (χ4n) is 3.52. The molecular weight excluding hydrogens is 382 g/mol. The summed E-state index contributed by atoms with van der Waals surface area (Å²) in [4.78, 5) is 21.7. The van der Waals surface area contributed by atoms with Gasteiger partial charge in [-0.2, -0.15) is 4.98 Å². The average Bonchev–Trinajstić information content (AvgIpc) is 3.18. The van der Waals surface area contributed by atoms with E-state index >= 15 is 0 Å². The van der Waals surface area contributed by atoms with Crippen molar-refractivity contribution in [1.82, 2.24) is 19.7 Å². The second-order valence-electron chi connectivity index (χ2n) is 6.70. The lowest BCUT2D eigenvalue weighted by molar-refractivity contribution is -0.139. The Morgan fingerprint density at radius 3 is 2.73 bits per heavy atom. The molecule has 1 aromatic carbocycles. The van der Waals surface area contributed by atoms with Crippen LogP contribution < -0.4 is 10.1 Å². The molecule has 1 aliphatic heterocycles. The molecule has 3 aromatic rings. The van der Waals surface area contributed by atoms with Crippen LogP contribution in [0.1, 0.15) is 32.4 Å². The highest BCUT2D eigenvalue weighted by atomic mass is 16.5. The summed E-state index contributed by atoms with van der Waals surface area (Å²) in [6.07, 6.45) is 3.40. The van der Waals surface area contributed by atoms with Gasteiger partial charge in [0.15, 0.2) is 5.82 Å². The number of nitrogens with one attached hydrogen (secondary N) is 1. The van der Waals surface area contributed by atoms with E-state index in [0.717, 1.165) is 11.1 Å². The summed E-state index contributed by atoms with van der Waals surface area (Å²) >= 11 is 0. The fourth-order valence-corrected chi connectivity index (χ4v) is 3.52. The molecule has 0 aliphatic carbocycles. The number of fused-ring (bicyclic) bond motifs is 1. The number of hydrogen-bond acceptors (Lipinski definition) is 7. The summed E-state index contributed by atoms with van der Waals surface area (Å²) in [5.74, 6) is 1.34. The lowest BCUT2D eigenvalue weighted by Gasteiger charge is -2.29. The van der Waals surface area contributed by atoms with Gasteiger partial charge in [-0.25, -0.2) is 9.48 Å². The minimum absolute atomic E-state index is 0.278. The number of allylic oxidation sites excluding steroid dienone is 1. The van der Waals surface area contributed by atoms with Crippen molar-refractivity contribution in [2.24, 2.45) is 0 Å². The molecule has 0 fully saturated rings. The van der Waals surface area contributed by atoms with Crippen molar-refractivity contribution in [3.05, 3.63) is 65.6 Å². The average molecular weight is 405 g/mol. The van der Waals surface area contributed by atoms with Crippen LogP contribution in [0.4, 0.5) is 5.95 Å². The van der Waals surface area contributed by atoms with Crippen LogP contribution in [0.5, 0.6) is 5.75 Å². The molecule has 2 aromatic heterocycles. The summed E-state index contributed by atoms with van der Waals surface area (Å²) in [6.45, 7) is 6.33. The first-order chi connectivity index (χ1) is 14.6. The molecule has 0 saturated heterocycles.